The summed E-state index contributed by atoms with van der Waals surface area (Å²) in [6.45, 7) is 0.0923. The molecule has 11 heteroatoms. The smallest absolute Gasteiger partial charge is 0.354 e. The molecule has 1 aromatic heterocycles. The lowest BCUT2D eigenvalue weighted by Crippen LogP contribution is -2.36. The third-order valence-electron chi connectivity index (χ3n) is 3.42. The molecule has 0 radical (unpaired) electrons. The predicted octanol–water partition coefficient (Wildman–Crippen LogP) is 2.59. The molecule has 0 atom stereocenters. The zero-order valence-electron chi connectivity index (χ0n) is 14.0. The highest BCUT2D eigenvalue weighted by atomic mass is 19.4. The number of ether oxygens (including phenoxy) is 2. The monoisotopic (exact) mass is 377 g/mol. The minimum Gasteiger partial charge on any atom is -0.354 e. The van der Waals surface area contributed by atoms with Crippen molar-refractivity contribution in [2.75, 3.05) is 27.8 Å². The number of hydrogen-bond donors (Lipinski definition) is 0. The normalized spacial score (nSPS) is 11.8. The molecule has 0 spiro atoms. The Morgan fingerprint density at radius 1 is 1.31 bits per heavy atom. The zero-order chi connectivity index (χ0) is 19.5. The van der Waals surface area contributed by atoms with Gasteiger partial charge in [-0.1, -0.05) is 5.16 Å². The highest BCUT2D eigenvalue weighted by molar-refractivity contribution is 5.94. The SMILES string of the molecule is COC(CN(C)C(=O)c1ccc(-c2noc(C(F)(F)F)n2)c(F)c1)OC. The molecule has 0 unspecified atom stereocenters. The Morgan fingerprint density at radius 2 is 1.96 bits per heavy atom. The lowest BCUT2D eigenvalue weighted by molar-refractivity contribution is -0.159. The number of carbonyl (C=O) groups excluding carboxylic acids is 1. The number of amides is 1. The van der Waals surface area contributed by atoms with E-state index in [-0.39, 0.29) is 17.7 Å². The number of nitrogens with zero attached hydrogens (tertiary/aromatic N) is 3. The number of aromatic nitrogens is 2. The van der Waals surface area contributed by atoms with Crippen LogP contribution in [0.3, 0.4) is 0 Å². The van der Waals surface area contributed by atoms with E-state index < -0.39 is 35.9 Å². The fraction of sp³-hybridized carbons (Fsp3) is 0.400. The van der Waals surface area contributed by atoms with E-state index in [1.165, 1.54) is 32.2 Å². The average molecular weight is 377 g/mol. The van der Waals surface area contributed by atoms with Crippen LogP contribution < -0.4 is 0 Å². The van der Waals surface area contributed by atoms with Crippen LogP contribution in [0, 0.1) is 5.82 Å². The molecule has 0 aliphatic carbocycles. The van der Waals surface area contributed by atoms with Gasteiger partial charge in [0.15, 0.2) is 6.29 Å². The Labute approximate surface area is 145 Å². The van der Waals surface area contributed by atoms with Gasteiger partial charge in [-0.15, -0.1) is 0 Å². The minimum atomic E-state index is -4.83. The number of halogens is 4. The molecule has 1 amide bonds. The van der Waals surface area contributed by atoms with Crippen LogP contribution in [0.15, 0.2) is 22.7 Å². The summed E-state index contributed by atoms with van der Waals surface area (Å²) in [5, 5.41) is 3.11. The molecule has 26 heavy (non-hydrogen) atoms. The summed E-state index contributed by atoms with van der Waals surface area (Å²) in [7, 11) is 4.27. The number of rotatable bonds is 6. The number of benzene rings is 1. The molecule has 1 aromatic carbocycles. The van der Waals surface area contributed by atoms with Crippen LogP contribution in [-0.2, 0) is 15.7 Å². The van der Waals surface area contributed by atoms with E-state index in [1.54, 1.807) is 0 Å². The summed E-state index contributed by atoms with van der Waals surface area (Å²) in [5.74, 6) is -3.65. The summed E-state index contributed by atoms with van der Waals surface area (Å²) in [6.07, 6.45) is -5.49. The van der Waals surface area contributed by atoms with Gasteiger partial charge in [-0.2, -0.15) is 18.2 Å². The van der Waals surface area contributed by atoms with Crippen molar-refractivity contribution in [3.8, 4) is 11.4 Å². The molecule has 0 saturated heterocycles. The number of methoxy groups -OCH3 is 2. The maximum absolute atomic E-state index is 14.2. The van der Waals surface area contributed by atoms with Crippen molar-refractivity contribution in [2.45, 2.75) is 12.5 Å². The van der Waals surface area contributed by atoms with E-state index >= 15 is 0 Å². The molecule has 7 nitrogen and oxygen atoms in total. The Kier molecular flexibility index (Phi) is 5.93. The number of hydrogen-bond acceptors (Lipinski definition) is 6. The topological polar surface area (TPSA) is 77.7 Å². The standard InChI is InChI=1S/C15H15F4N3O4/c1-22(7-11(24-2)25-3)13(23)8-4-5-9(10(16)6-8)12-20-14(26-21-12)15(17,18)19/h4-6,11H,7H2,1-3H3. The summed E-state index contributed by atoms with van der Waals surface area (Å²) < 4.78 is 65.7. The fourth-order valence-electron chi connectivity index (χ4n) is 2.05. The van der Waals surface area contributed by atoms with Crippen molar-refractivity contribution in [1.29, 1.82) is 0 Å². The first-order valence-electron chi connectivity index (χ1n) is 7.19. The Bertz CT molecular complexity index is 774. The maximum Gasteiger partial charge on any atom is 0.471 e. The molecule has 2 rings (SSSR count). The van der Waals surface area contributed by atoms with Gasteiger partial charge in [0.2, 0.25) is 5.82 Å². The van der Waals surface area contributed by atoms with Crippen LogP contribution in [0.1, 0.15) is 16.2 Å². The summed E-state index contributed by atoms with van der Waals surface area (Å²) in [5.41, 5.74) is -0.339. The van der Waals surface area contributed by atoms with E-state index in [1.807, 2.05) is 0 Å². The summed E-state index contributed by atoms with van der Waals surface area (Å²) in [6, 6.07) is 3.23. The van der Waals surface area contributed by atoms with Gasteiger partial charge in [0, 0.05) is 26.8 Å². The molecule has 2 aromatic rings. The fourth-order valence-corrected chi connectivity index (χ4v) is 2.05. The molecule has 0 saturated carbocycles. The second-order valence-electron chi connectivity index (χ2n) is 5.20. The molecule has 0 aliphatic heterocycles. The van der Waals surface area contributed by atoms with Gasteiger partial charge in [-0.25, -0.2) is 4.39 Å². The lowest BCUT2D eigenvalue weighted by Gasteiger charge is -2.22. The van der Waals surface area contributed by atoms with Crippen molar-refractivity contribution in [2.24, 2.45) is 0 Å². The first kappa shape index (κ1) is 19.8. The van der Waals surface area contributed by atoms with Crippen LogP contribution in [0.2, 0.25) is 0 Å². The van der Waals surface area contributed by atoms with Crippen molar-refractivity contribution in [3.05, 3.63) is 35.5 Å². The van der Waals surface area contributed by atoms with Crippen molar-refractivity contribution >= 4 is 5.91 Å². The number of alkyl halides is 3. The van der Waals surface area contributed by atoms with Crippen molar-refractivity contribution in [1.82, 2.24) is 15.0 Å². The quantitative estimate of drug-likeness (QED) is 0.569. The largest absolute Gasteiger partial charge is 0.471 e. The highest BCUT2D eigenvalue weighted by Crippen LogP contribution is 2.30. The van der Waals surface area contributed by atoms with Gasteiger partial charge in [0.25, 0.3) is 5.91 Å². The van der Waals surface area contributed by atoms with E-state index in [4.69, 9.17) is 9.47 Å². The molecular weight excluding hydrogens is 362 g/mol. The molecule has 0 bridgehead atoms. The first-order valence-corrected chi connectivity index (χ1v) is 7.19. The maximum atomic E-state index is 14.2. The lowest BCUT2D eigenvalue weighted by atomic mass is 10.1. The van der Waals surface area contributed by atoms with E-state index in [0.717, 1.165) is 12.1 Å². The van der Waals surface area contributed by atoms with Crippen LogP contribution in [0.5, 0.6) is 0 Å². The Hall–Kier alpha value is -2.53. The summed E-state index contributed by atoms with van der Waals surface area (Å²) >= 11 is 0. The third kappa shape index (κ3) is 4.35. The van der Waals surface area contributed by atoms with Crippen LogP contribution >= 0.6 is 0 Å². The van der Waals surface area contributed by atoms with Gasteiger partial charge in [0.05, 0.1) is 12.1 Å². The van der Waals surface area contributed by atoms with Crippen LogP contribution in [0.4, 0.5) is 17.6 Å². The van der Waals surface area contributed by atoms with E-state index in [0.29, 0.717) is 0 Å². The second kappa shape index (κ2) is 7.79. The van der Waals surface area contributed by atoms with Gasteiger partial charge in [-0.05, 0) is 18.2 Å². The molecule has 142 valence electrons. The van der Waals surface area contributed by atoms with E-state index in [9.17, 15) is 22.4 Å². The summed E-state index contributed by atoms with van der Waals surface area (Å²) in [4.78, 5) is 16.7. The first-order chi connectivity index (χ1) is 12.2. The second-order valence-corrected chi connectivity index (χ2v) is 5.20. The predicted molar refractivity (Wildman–Crippen MR) is 79.5 cm³/mol. The van der Waals surface area contributed by atoms with Crippen LogP contribution in [0.25, 0.3) is 11.4 Å². The Morgan fingerprint density at radius 3 is 2.46 bits per heavy atom. The van der Waals surface area contributed by atoms with Crippen LogP contribution in [-0.4, -0.2) is 55.0 Å². The highest BCUT2D eigenvalue weighted by Gasteiger charge is 2.38. The number of likely N-dealkylation sites (N-methyl/N-ethyl adjacent to an activating group) is 1. The van der Waals surface area contributed by atoms with Gasteiger partial charge in [0.1, 0.15) is 5.82 Å². The Balaban J connectivity index is 2.21. The van der Waals surface area contributed by atoms with E-state index in [2.05, 4.69) is 14.7 Å². The van der Waals surface area contributed by atoms with Gasteiger partial charge < -0.3 is 18.9 Å². The molecular formula is C15H15F4N3O4. The molecule has 0 aliphatic rings. The zero-order valence-corrected chi connectivity index (χ0v) is 14.0. The van der Waals surface area contributed by atoms with Crippen molar-refractivity contribution < 1.29 is 36.4 Å². The molecule has 1 heterocycles. The molecule has 0 N–H and O–H groups in total. The average Bonchev–Trinajstić information content (AvgIpc) is 3.08. The van der Waals surface area contributed by atoms with Crippen molar-refractivity contribution in [3.63, 3.8) is 0 Å². The van der Waals surface area contributed by atoms with Gasteiger partial charge >= 0.3 is 12.1 Å². The minimum absolute atomic E-state index is 0.0146. The number of carbonyl (C=O) groups is 1. The third-order valence-corrected chi connectivity index (χ3v) is 3.42. The van der Waals surface area contributed by atoms with Gasteiger partial charge in [-0.3, -0.25) is 4.79 Å². The molecule has 0 fully saturated rings.